The van der Waals surface area contributed by atoms with Crippen molar-refractivity contribution in [2.24, 2.45) is 7.05 Å². The Morgan fingerprint density at radius 1 is 1.52 bits per heavy atom. The molecule has 0 aliphatic carbocycles. The highest BCUT2D eigenvalue weighted by Crippen LogP contribution is 2.28. The van der Waals surface area contributed by atoms with Crippen molar-refractivity contribution in [3.63, 3.8) is 0 Å². The molecule has 0 bridgehead atoms. The van der Waals surface area contributed by atoms with Crippen LogP contribution < -0.4 is 5.32 Å². The second-order valence-electron chi connectivity index (χ2n) is 5.85. The zero-order valence-corrected chi connectivity index (χ0v) is 14.2. The molecule has 2 rings (SSSR count). The lowest BCUT2D eigenvalue weighted by Gasteiger charge is -2.31. The molecular formula is C14H22ClN3O2S. The fourth-order valence-corrected chi connectivity index (χ4v) is 3.87. The molecule has 1 amide bonds. The molecule has 1 saturated heterocycles. The van der Waals surface area contributed by atoms with Gasteiger partial charge in [-0.25, -0.2) is 0 Å². The molecule has 0 unspecified atom stereocenters. The van der Waals surface area contributed by atoms with Crippen LogP contribution in [-0.2, 0) is 7.05 Å². The number of thioether (sulfide) groups is 1. The van der Waals surface area contributed by atoms with Crippen molar-refractivity contribution in [2.75, 3.05) is 18.1 Å². The number of nitrogens with zero attached hydrogens (tertiary/aromatic N) is 2. The predicted molar refractivity (Wildman–Crippen MR) is 86.1 cm³/mol. The van der Waals surface area contributed by atoms with Gasteiger partial charge in [0.15, 0.2) is 0 Å². The molecule has 2 N–H and O–H groups in total. The van der Waals surface area contributed by atoms with Crippen LogP contribution in [0, 0.1) is 0 Å². The zero-order valence-electron chi connectivity index (χ0n) is 12.6. The van der Waals surface area contributed by atoms with Gasteiger partial charge in [0.1, 0.15) is 5.15 Å². The van der Waals surface area contributed by atoms with Gasteiger partial charge in [0.2, 0.25) is 0 Å². The van der Waals surface area contributed by atoms with Crippen molar-refractivity contribution < 1.29 is 9.90 Å². The van der Waals surface area contributed by atoms with Crippen LogP contribution in [-0.4, -0.2) is 44.4 Å². The van der Waals surface area contributed by atoms with Gasteiger partial charge in [0, 0.05) is 13.6 Å². The summed E-state index contributed by atoms with van der Waals surface area (Å²) in [5.41, 5.74) is 0.308. The van der Waals surface area contributed by atoms with E-state index in [2.05, 4.69) is 10.4 Å². The molecule has 1 aromatic rings. The molecule has 0 radical (unpaired) electrons. The van der Waals surface area contributed by atoms with Crippen LogP contribution in [0.1, 0.15) is 48.7 Å². The summed E-state index contributed by atoms with van der Waals surface area (Å²) in [6, 6.07) is 0. The second kappa shape index (κ2) is 6.58. The van der Waals surface area contributed by atoms with Gasteiger partial charge in [0.25, 0.3) is 5.91 Å². The molecule has 2 heterocycles. The fourth-order valence-electron chi connectivity index (χ4n) is 2.40. The first-order valence-corrected chi connectivity index (χ1v) is 8.68. The average molecular weight is 332 g/mol. The van der Waals surface area contributed by atoms with Gasteiger partial charge in [-0.1, -0.05) is 25.4 Å². The first-order chi connectivity index (χ1) is 9.84. The van der Waals surface area contributed by atoms with Gasteiger partial charge in [-0.15, -0.1) is 0 Å². The number of nitrogens with one attached hydrogen (secondary N) is 1. The largest absolute Gasteiger partial charge is 0.388 e. The standard InChI is InChI=1S/C14H22ClN3O2S/c1-9(2)11-10(12(15)18(3)17-11)13(19)16-8-14(20)4-6-21-7-5-14/h9,20H,4-8H2,1-3H3,(H,16,19). The van der Waals surface area contributed by atoms with Gasteiger partial charge < -0.3 is 10.4 Å². The van der Waals surface area contributed by atoms with E-state index in [-0.39, 0.29) is 18.4 Å². The molecule has 0 aromatic carbocycles. The van der Waals surface area contributed by atoms with Crippen LogP contribution in [0.4, 0.5) is 0 Å². The molecule has 0 spiro atoms. The quantitative estimate of drug-likeness (QED) is 0.887. The van der Waals surface area contributed by atoms with Crippen molar-refractivity contribution in [1.29, 1.82) is 0 Å². The highest BCUT2D eigenvalue weighted by atomic mass is 35.5. The summed E-state index contributed by atoms with van der Waals surface area (Å²) in [4.78, 5) is 12.4. The third-order valence-electron chi connectivity index (χ3n) is 3.78. The smallest absolute Gasteiger partial charge is 0.256 e. The Balaban J connectivity index is 2.10. The maximum absolute atomic E-state index is 12.4. The van der Waals surface area contributed by atoms with Crippen molar-refractivity contribution in [1.82, 2.24) is 15.1 Å². The lowest BCUT2D eigenvalue weighted by Crippen LogP contribution is -2.45. The van der Waals surface area contributed by atoms with Crippen molar-refractivity contribution in [2.45, 2.75) is 38.2 Å². The Morgan fingerprint density at radius 2 is 2.14 bits per heavy atom. The summed E-state index contributed by atoms with van der Waals surface area (Å²) in [6.45, 7) is 4.21. The third-order valence-corrected chi connectivity index (χ3v) is 5.20. The van der Waals surface area contributed by atoms with Crippen molar-refractivity contribution in [3.05, 3.63) is 16.4 Å². The topological polar surface area (TPSA) is 67.2 Å². The van der Waals surface area contributed by atoms with Crippen LogP contribution in [0.5, 0.6) is 0 Å². The number of aromatic nitrogens is 2. The van der Waals surface area contributed by atoms with E-state index in [1.165, 1.54) is 4.68 Å². The van der Waals surface area contributed by atoms with E-state index < -0.39 is 5.60 Å². The van der Waals surface area contributed by atoms with E-state index >= 15 is 0 Å². The highest BCUT2D eigenvalue weighted by Gasteiger charge is 2.31. The zero-order chi connectivity index (χ0) is 15.6. The van der Waals surface area contributed by atoms with E-state index in [1.807, 2.05) is 25.6 Å². The third kappa shape index (κ3) is 3.73. The molecule has 1 fully saturated rings. The van der Waals surface area contributed by atoms with Crippen molar-refractivity contribution >= 4 is 29.3 Å². The Morgan fingerprint density at radius 3 is 2.71 bits per heavy atom. The number of carbonyl (C=O) groups excluding carboxylic acids is 1. The Kier molecular flexibility index (Phi) is 5.22. The maximum Gasteiger partial charge on any atom is 0.256 e. The summed E-state index contributed by atoms with van der Waals surface area (Å²) >= 11 is 8.02. The molecule has 1 aromatic heterocycles. The normalized spacial score (nSPS) is 18.0. The van der Waals surface area contributed by atoms with Gasteiger partial charge >= 0.3 is 0 Å². The van der Waals surface area contributed by atoms with Crippen molar-refractivity contribution in [3.8, 4) is 0 Å². The lowest BCUT2D eigenvalue weighted by molar-refractivity contribution is 0.0311. The molecule has 118 valence electrons. The number of halogens is 1. The summed E-state index contributed by atoms with van der Waals surface area (Å²) in [5.74, 6) is 1.70. The monoisotopic (exact) mass is 331 g/mol. The minimum atomic E-state index is -0.798. The Hall–Kier alpha value is -0.720. The second-order valence-corrected chi connectivity index (χ2v) is 7.43. The van der Waals surface area contributed by atoms with E-state index in [4.69, 9.17) is 11.6 Å². The van der Waals surface area contributed by atoms with Gasteiger partial charge in [0.05, 0.1) is 16.9 Å². The van der Waals surface area contributed by atoms with Crippen LogP contribution in [0.2, 0.25) is 5.15 Å². The van der Waals surface area contributed by atoms with Gasteiger partial charge in [-0.05, 0) is 30.3 Å². The fraction of sp³-hybridized carbons (Fsp3) is 0.714. The number of hydrogen-bond acceptors (Lipinski definition) is 4. The molecule has 5 nitrogen and oxygen atoms in total. The van der Waals surface area contributed by atoms with Gasteiger partial charge in [-0.3, -0.25) is 9.48 Å². The number of hydrogen-bond donors (Lipinski definition) is 2. The summed E-state index contributed by atoms with van der Waals surface area (Å²) in [5, 5.41) is 17.9. The molecule has 1 aliphatic heterocycles. The predicted octanol–water partition coefficient (Wildman–Crippen LogP) is 2.18. The molecular weight excluding hydrogens is 310 g/mol. The summed E-state index contributed by atoms with van der Waals surface area (Å²) in [7, 11) is 1.72. The summed E-state index contributed by atoms with van der Waals surface area (Å²) in [6.07, 6.45) is 1.41. The van der Waals surface area contributed by atoms with E-state index in [0.717, 1.165) is 11.5 Å². The molecule has 0 atom stereocenters. The van der Waals surface area contributed by atoms with Crippen LogP contribution >= 0.6 is 23.4 Å². The Labute approximate surface area is 134 Å². The number of aryl methyl sites for hydroxylation is 1. The summed E-state index contributed by atoms with van der Waals surface area (Å²) < 4.78 is 1.51. The number of rotatable bonds is 4. The Bertz CT molecular complexity index is 525. The minimum absolute atomic E-state index is 0.110. The van der Waals surface area contributed by atoms with Crippen LogP contribution in [0.25, 0.3) is 0 Å². The van der Waals surface area contributed by atoms with E-state index in [0.29, 0.717) is 29.3 Å². The maximum atomic E-state index is 12.4. The van der Waals surface area contributed by atoms with Crippen LogP contribution in [0.15, 0.2) is 0 Å². The van der Waals surface area contributed by atoms with Crippen LogP contribution in [0.3, 0.4) is 0 Å². The SMILES string of the molecule is CC(C)c1nn(C)c(Cl)c1C(=O)NCC1(O)CCSCC1. The van der Waals surface area contributed by atoms with E-state index in [9.17, 15) is 9.90 Å². The number of aliphatic hydroxyl groups is 1. The first kappa shape index (κ1) is 16.6. The minimum Gasteiger partial charge on any atom is -0.388 e. The van der Waals surface area contributed by atoms with Gasteiger partial charge in [-0.2, -0.15) is 16.9 Å². The number of amides is 1. The molecule has 21 heavy (non-hydrogen) atoms. The van der Waals surface area contributed by atoms with E-state index in [1.54, 1.807) is 7.05 Å². The molecule has 7 heteroatoms. The number of carbonyl (C=O) groups is 1. The highest BCUT2D eigenvalue weighted by molar-refractivity contribution is 7.99. The average Bonchev–Trinajstić information content (AvgIpc) is 2.74. The molecule has 0 saturated carbocycles. The molecule has 1 aliphatic rings. The first-order valence-electron chi connectivity index (χ1n) is 7.15. The lowest BCUT2D eigenvalue weighted by atomic mass is 9.96.